The Morgan fingerprint density at radius 1 is 1.08 bits per heavy atom. The highest BCUT2D eigenvalue weighted by atomic mass is 32.1. The molecule has 0 N–H and O–H groups in total. The van der Waals surface area contributed by atoms with Crippen molar-refractivity contribution in [2.75, 3.05) is 4.90 Å². The quantitative estimate of drug-likeness (QED) is 0.515. The third-order valence-electron chi connectivity index (χ3n) is 3.95. The maximum atomic E-state index is 11.7. The van der Waals surface area contributed by atoms with E-state index in [2.05, 4.69) is 15.0 Å². The summed E-state index contributed by atoms with van der Waals surface area (Å²) in [6.45, 7) is 1.99. The summed E-state index contributed by atoms with van der Waals surface area (Å²) in [5.74, 6) is 0.630. The lowest BCUT2D eigenvalue weighted by molar-refractivity contribution is -0.106. The van der Waals surface area contributed by atoms with Gasteiger partial charge in [0.05, 0.1) is 0 Å². The van der Waals surface area contributed by atoms with Crippen molar-refractivity contribution >= 4 is 38.7 Å². The van der Waals surface area contributed by atoms with Crippen LogP contribution in [-0.2, 0) is 4.79 Å². The van der Waals surface area contributed by atoms with Gasteiger partial charge in [0.25, 0.3) is 0 Å². The van der Waals surface area contributed by atoms with Gasteiger partial charge in [-0.2, -0.15) is 0 Å². The van der Waals surface area contributed by atoms with Crippen molar-refractivity contribution in [1.82, 2.24) is 15.0 Å². The summed E-state index contributed by atoms with van der Waals surface area (Å²) in [6.07, 6.45) is 6.11. The van der Waals surface area contributed by atoms with Crippen LogP contribution < -0.4 is 4.90 Å². The lowest BCUT2D eigenvalue weighted by Gasteiger charge is -2.16. The second kappa shape index (κ2) is 6.41. The van der Waals surface area contributed by atoms with Gasteiger partial charge in [-0.25, -0.2) is 9.97 Å². The largest absolute Gasteiger partial charge is 0.278 e. The van der Waals surface area contributed by atoms with Crippen molar-refractivity contribution in [3.63, 3.8) is 0 Å². The number of pyridine rings is 1. The maximum Gasteiger partial charge on any atom is 0.219 e. The molecule has 5 nitrogen and oxygen atoms in total. The average Bonchev–Trinajstić information content (AvgIpc) is 3.00. The second-order valence-corrected chi connectivity index (χ2v) is 6.47. The first-order valence-electron chi connectivity index (χ1n) is 7.74. The van der Waals surface area contributed by atoms with Crippen molar-refractivity contribution in [2.24, 2.45) is 0 Å². The van der Waals surface area contributed by atoms with E-state index in [1.165, 1.54) is 11.3 Å². The smallest absolute Gasteiger partial charge is 0.219 e. The highest BCUT2D eigenvalue weighted by molar-refractivity contribution is 7.22. The number of carbonyl (C=O) groups excluding carboxylic acids is 1. The van der Waals surface area contributed by atoms with Crippen LogP contribution in [0.1, 0.15) is 5.56 Å². The Kier molecular flexibility index (Phi) is 3.95. The van der Waals surface area contributed by atoms with Gasteiger partial charge in [-0.3, -0.25) is 14.7 Å². The van der Waals surface area contributed by atoms with Crippen LogP contribution in [0, 0.1) is 6.92 Å². The molecule has 4 aromatic rings. The molecular weight excluding hydrogens is 332 g/mol. The first kappa shape index (κ1) is 15.4. The van der Waals surface area contributed by atoms with Crippen molar-refractivity contribution in [3.05, 3.63) is 66.6 Å². The van der Waals surface area contributed by atoms with Gasteiger partial charge >= 0.3 is 0 Å². The molecule has 122 valence electrons. The molecule has 0 radical (unpaired) electrons. The van der Waals surface area contributed by atoms with Crippen LogP contribution in [0.3, 0.4) is 0 Å². The van der Waals surface area contributed by atoms with Gasteiger partial charge in [0.2, 0.25) is 6.41 Å². The van der Waals surface area contributed by atoms with Gasteiger partial charge in [0.15, 0.2) is 5.82 Å². The van der Waals surface area contributed by atoms with Crippen LogP contribution >= 0.6 is 11.3 Å². The number of aryl methyl sites for hydroxylation is 1. The second-order valence-electron chi connectivity index (χ2n) is 5.50. The monoisotopic (exact) mass is 346 g/mol. The van der Waals surface area contributed by atoms with Crippen LogP contribution in [0.5, 0.6) is 0 Å². The summed E-state index contributed by atoms with van der Waals surface area (Å²) in [6, 6.07) is 13.4. The fraction of sp³-hybridized carbons (Fsp3) is 0.0526. The lowest BCUT2D eigenvalue weighted by atomic mass is 10.2. The number of carbonyl (C=O) groups is 1. The summed E-state index contributed by atoms with van der Waals surface area (Å²) < 4.78 is 0. The van der Waals surface area contributed by atoms with E-state index < -0.39 is 0 Å². The molecule has 0 atom stereocenters. The van der Waals surface area contributed by atoms with E-state index in [-0.39, 0.29) is 0 Å². The molecule has 1 amide bonds. The normalized spacial score (nSPS) is 10.8. The molecule has 0 spiro atoms. The average molecular weight is 346 g/mol. The van der Waals surface area contributed by atoms with Gasteiger partial charge in [0.1, 0.15) is 9.83 Å². The van der Waals surface area contributed by atoms with Crippen LogP contribution in [0.15, 0.2) is 61.1 Å². The fourth-order valence-electron chi connectivity index (χ4n) is 2.66. The molecule has 0 unspecified atom stereocenters. The zero-order chi connectivity index (χ0) is 17.2. The molecule has 0 aliphatic heterocycles. The molecule has 3 heterocycles. The van der Waals surface area contributed by atoms with Gasteiger partial charge in [-0.05, 0) is 36.8 Å². The summed E-state index contributed by atoms with van der Waals surface area (Å²) in [5.41, 5.74) is 2.69. The van der Waals surface area contributed by atoms with Crippen molar-refractivity contribution in [2.45, 2.75) is 6.92 Å². The Bertz CT molecular complexity index is 1030. The summed E-state index contributed by atoms with van der Waals surface area (Å²) in [7, 11) is 0. The number of anilines is 2. The van der Waals surface area contributed by atoms with E-state index in [1.807, 2.05) is 55.6 Å². The molecule has 0 bridgehead atoms. The van der Waals surface area contributed by atoms with E-state index >= 15 is 0 Å². The predicted molar refractivity (Wildman–Crippen MR) is 100 cm³/mol. The zero-order valence-electron chi connectivity index (χ0n) is 13.5. The van der Waals surface area contributed by atoms with Crippen LogP contribution in [0.4, 0.5) is 10.7 Å². The number of thiophene rings is 1. The van der Waals surface area contributed by atoms with E-state index in [1.54, 1.807) is 17.3 Å². The molecule has 0 saturated heterocycles. The highest BCUT2D eigenvalue weighted by Gasteiger charge is 2.18. The Morgan fingerprint density at radius 3 is 2.64 bits per heavy atom. The minimum Gasteiger partial charge on any atom is -0.278 e. The Hall–Kier alpha value is -3.12. The van der Waals surface area contributed by atoms with Crippen molar-refractivity contribution in [3.8, 4) is 11.4 Å². The number of rotatable bonds is 4. The van der Waals surface area contributed by atoms with E-state index in [9.17, 15) is 4.79 Å². The van der Waals surface area contributed by atoms with Crippen molar-refractivity contribution in [1.29, 1.82) is 0 Å². The number of hydrogen-bond acceptors (Lipinski definition) is 5. The molecule has 4 rings (SSSR count). The molecule has 25 heavy (non-hydrogen) atoms. The molecule has 3 aromatic heterocycles. The standard InChI is InChI=1S/C19H14N4OS/c1-13-16-11-21-17(14-6-5-9-20-10-14)22-18(16)25-19(13)23(12-24)15-7-3-2-4-8-15/h2-12H,1H3. The minimum absolute atomic E-state index is 0.630. The molecule has 0 saturated carbocycles. The zero-order valence-corrected chi connectivity index (χ0v) is 14.3. The molecule has 6 heteroatoms. The Labute approximate surface area is 148 Å². The summed E-state index contributed by atoms with van der Waals surface area (Å²) in [4.78, 5) is 27.4. The molecule has 1 aromatic carbocycles. The Morgan fingerprint density at radius 2 is 1.92 bits per heavy atom. The highest BCUT2D eigenvalue weighted by Crippen LogP contribution is 2.39. The topological polar surface area (TPSA) is 59.0 Å². The predicted octanol–water partition coefficient (Wildman–Crippen LogP) is 4.36. The van der Waals surface area contributed by atoms with E-state index in [0.29, 0.717) is 5.82 Å². The number of hydrogen-bond donors (Lipinski definition) is 0. The van der Waals surface area contributed by atoms with E-state index in [0.717, 1.165) is 38.4 Å². The fourth-order valence-corrected chi connectivity index (χ4v) is 3.80. The minimum atomic E-state index is 0.630. The summed E-state index contributed by atoms with van der Waals surface area (Å²) >= 11 is 1.48. The summed E-state index contributed by atoms with van der Waals surface area (Å²) in [5, 5.41) is 1.81. The van der Waals surface area contributed by atoms with Gasteiger partial charge < -0.3 is 0 Å². The number of amides is 1. The number of fused-ring (bicyclic) bond motifs is 1. The van der Waals surface area contributed by atoms with Gasteiger partial charge in [-0.15, -0.1) is 0 Å². The first-order chi connectivity index (χ1) is 12.3. The maximum absolute atomic E-state index is 11.7. The van der Waals surface area contributed by atoms with Gasteiger partial charge in [-0.1, -0.05) is 29.5 Å². The van der Waals surface area contributed by atoms with Crippen LogP contribution in [0.2, 0.25) is 0 Å². The number of aromatic nitrogens is 3. The molecule has 0 fully saturated rings. The molecule has 0 aliphatic carbocycles. The number of para-hydroxylation sites is 1. The van der Waals surface area contributed by atoms with Crippen molar-refractivity contribution < 1.29 is 4.79 Å². The molecule has 0 aliphatic rings. The SMILES string of the molecule is Cc1c(N(C=O)c2ccccc2)sc2nc(-c3cccnc3)ncc12. The first-order valence-corrected chi connectivity index (χ1v) is 8.55. The Balaban J connectivity index is 1.83. The van der Waals surface area contributed by atoms with E-state index in [4.69, 9.17) is 0 Å². The third-order valence-corrected chi connectivity index (χ3v) is 5.15. The molecular formula is C19H14N4OS. The lowest BCUT2D eigenvalue weighted by Crippen LogP contribution is -2.13. The third kappa shape index (κ3) is 2.77. The number of benzene rings is 1. The number of nitrogens with zero attached hydrogens (tertiary/aromatic N) is 4. The van der Waals surface area contributed by atoms with Gasteiger partial charge in [0, 0.05) is 35.2 Å². The van der Waals surface area contributed by atoms with Crippen LogP contribution in [0.25, 0.3) is 21.6 Å². The van der Waals surface area contributed by atoms with Crippen LogP contribution in [-0.4, -0.2) is 21.4 Å².